The standard InChI is InChI=1S/C19H15F2N3O3/c1-10-11(2)23-17-7-12(3-5-16(17)22-10)19(26)27-9-18(25)24-15-6-4-13(20)8-14(15)21/h3-8H,9H2,1-2H3,(H,24,25). The monoisotopic (exact) mass is 371 g/mol. The van der Waals surface area contributed by atoms with Gasteiger partial charge in [0.15, 0.2) is 6.61 Å². The number of aromatic nitrogens is 2. The van der Waals surface area contributed by atoms with Crippen molar-refractivity contribution in [3.05, 3.63) is 65.0 Å². The largest absolute Gasteiger partial charge is 0.452 e. The van der Waals surface area contributed by atoms with Gasteiger partial charge in [-0.05, 0) is 44.2 Å². The molecule has 2 aromatic carbocycles. The van der Waals surface area contributed by atoms with Gasteiger partial charge >= 0.3 is 5.97 Å². The molecular weight excluding hydrogens is 356 g/mol. The SMILES string of the molecule is Cc1nc2ccc(C(=O)OCC(=O)Nc3ccc(F)cc3F)cc2nc1C. The van der Waals surface area contributed by atoms with E-state index in [2.05, 4.69) is 15.3 Å². The lowest BCUT2D eigenvalue weighted by Gasteiger charge is -2.08. The lowest BCUT2D eigenvalue weighted by Crippen LogP contribution is -2.21. The quantitative estimate of drug-likeness (QED) is 0.712. The van der Waals surface area contributed by atoms with Crippen LogP contribution < -0.4 is 5.32 Å². The highest BCUT2D eigenvalue weighted by Gasteiger charge is 2.13. The third-order valence-corrected chi connectivity index (χ3v) is 3.85. The fourth-order valence-corrected chi connectivity index (χ4v) is 2.35. The number of aryl methyl sites for hydroxylation is 2. The van der Waals surface area contributed by atoms with E-state index in [-0.39, 0.29) is 11.3 Å². The third kappa shape index (κ3) is 4.22. The van der Waals surface area contributed by atoms with Crippen molar-refractivity contribution in [3.63, 3.8) is 0 Å². The van der Waals surface area contributed by atoms with Crippen molar-refractivity contribution >= 4 is 28.6 Å². The highest BCUT2D eigenvalue weighted by Crippen LogP contribution is 2.16. The van der Waals surface area contributed by atoms with Gasteiger partial charge in [-0.1, -0.05) is 0 Å². The molecule has 0 atom stereocenters. The van der Waals surface area contributed by atoms with Crippen molar-refractivity contribution in [2.45, 2.75) is 13.8 Å². The number of carbonyl (C=O) groups excluding carboxylic acids is 2. The molecule has 0 spiro atoms. The molecule has 3 aromatic rings. The van der Waals surface area contributed by atoms with Crippen molar-refractivity contribution in [1.29, 1.82) is 0 Å². The van der Waals surface area contributed by atoms with E-state index in [0.29, 0.717) is 17.1 Å². The van der Waals surface area contributed by atoms with E-state index in [1.165, 1.54) is 12.1 Å². The van der Waals surface area contributed by atoms with E-state index < -0.39 is 30.1 Å². The number of halogens is 2. The maximum absolute atomic E-state index is 13.5. The Morgan fingerprint density at radius 3 is 2.41 bits per heavy atom. The predicted molar refractivity (Wildman–Crippen MR) is 94.3 cm³/mol. The number of fused-ring (bicyclic) bond motifs is 1. The van der Waals surface area contributed by atoms with E-state index in [1.807, 2.05) is 13.8 Å². The van der Waals surface area contributed by atoms with Crippen LogP contribution in [-0.4, -0.2) is 28.5 Å². The number of nitrogens with one attached hydrogen (secondary N) is 1. The van der Waals surface area contributed by atoms with Gasteiger partial charge in [-0.3, -0.25) is 4.79 Å². The predicted octanol–water partition coefficient (Wildman–Crippen LogP) is 3.32. The van der Waals surface area contributed by atoms with Gasteiger partial charge in [-0.2, -0.15) is 0 Å². The first-order valence-electron chi connectivity index (χ1n) is 8.00. The molecule has 0 saturated heterocycles. The molecule has 0 unspecified atom stereocenters. The fraction of sp³-hybridized carbons (Fsp3) is 0.158. The van der Waals surface area contributed by atoms with E-state index in [9.17, 15) is 18.4 Å². The van der Waals surface area contributed by atoms with Crippen LogP contribution in [0.2, 0.25) is 0 Å². The maximum Gasteiger partial charge on any atom is 0.338 e. The number of ether oxygens (including phenoxy) is 1. The smallest absolute Gasteiger partial charge is 0.338 e. The van der Waals surface area contributed by atoms with Crippen LogP contribution in [0.3, 0.4) is 0 Å². The summed E-state index contributed by atoms with van der Waals surface area (Å²) < 4.78 is 31.3. The lowest BCUT2D eigenvalue weighted by molar-refractivity contribution is -0.119. The Kier molecular flexibility index (Phi) is 5.07. The molecule has 3 rings (SSSR count). The molecule has 0 aliphatic carbocycles. The molecule has 1 aromatic heterocycles. The van der Waals surface area contributed by atoms with E-state index in [4.69, 9.17) is 4.74 Å². The molecule has 0 aliphatic rings. The van der Waals surface area contributed by atoms with E-state index in [1.54, 1.807) is 6.07 Å². The van der Waals surface area contributed by atoms with Crippen LogP contribution in [0.25, 0.3) is 11.0 Å². The maximum atomic E-state index is 13.5. The van der Waals surface area contributed by atoms with Crippen molar-refractivity contribution in [2.75, 3.05) is 11.9 Å². The summed E-state index contributed by atoms with van der Waals surface area (Å²) in [6, 6.07) is 7.41. The Labute approximate surface area is 153 Å². The summed E-state index contributed by atoms with van der Waals surface area (Å²) in [5.74, 6) is -3.16. The van der Waals surface area contributed by atoms with Crippen LogP contribution in [0.5, 0.6) is 0 Å². The number of carbonyl (C=O) groups is 2. The first-order valence-corrected chi connectivity index (χ1v) is 8.00. The Bertz CT molecular complexity index is 1050. The number of hydrogen-bond acceptors (Lipinski definition) is 5. The number of benzene rings is 2. The summed E-state index contributed by atoms with van der Waals surface area (Å²) in [6.45, 7) is 3.03. The van der Waals surface area contributed by atoms with Gasteiger partial charge in [0.25, 0.3) is 5.91 Å². The van der Waals surface area contributed by atoms with Gasteiger partial charge in [0.05, 0.1) is 33.7 Å². The minimum Gasteiger partial charge on any atom is -0.452 e. The zero-order valence-corrected chi connectivity index (χ0v) is 14.5. The zero-order chi connectivity index (χ0) is 19.6. The van der Waals surface area contributed by atoms with Crippen LogP contribution in [-0.2, 0) is 9.53 Å². The van der Waals surface area contributed by atoms with Crippen LogP contribution in [0.1, 0.15) is 21.7 Å². The first kappa shape index (κ1) is 18.4. The summed E-state index contributed by atoms with van der Waals surface area (Å²) in [4.78, 5) is 32.7. The molecule has 0 saturated carbocycles. The Balaban J connectivity index is 1.65. The molecule has 8 heteroatoms. The molecule has 0 aliphatic heterocycles. The summed E-state index contributed by atoms with van der Waals surface area (Å²) in [5.41, 5.74) is 2.71. The fourth-order valence-electron chi connectivity index (χ4n) is 2.35. The van der Waals surface area contributed by atoms with Crippen LogP contribution >= 0.6 is 0 Å². The van der Waals surface area contributed by atoms with Crippen LogP contribution in [0.15, 0.2) is 36.4 Å². The molecule has 1 heterocycles. The number of rotatable bonds is 4. The summed E-state index contributed by atoms with van der Waals surface area (Å²) in [5, 5.41) is 2.21. The lowest BCUT2D eigenvalue weighted by atomic mass is 10.2. The normalized spacial score (nSPS) is 10.7. The molecule has 27 heavy (non-hydrogen) atoms. The summed E-state index contributed by atoms with van der Waals surface area (Å²) in [7, 11) is 0. The first-order chi connectivity index (χ1) is 12.8. The van der Waals surface area contributed by atoms with Crippen molar-refractivity contribution in [1.82, 2.24) is 9.97 Å². The average Bonchev–Trinajstić information content (AvgIpc) is 2.62. The number of anilines is 1. The Morgan fingerprint density at radius 1 is 1.00 bits per heavy atom. The average molecular weight is 371 g/mol. The summed E-state index contributed by atoms with van der Waals surface area (Å²) in [6.07, 6.45) is 0. The van der Waals surface area contributed by atoms with Gasteiger partial charge in [-0.15, -0.1) is 0 Å². The molecule has 1 amide bonds. The van der Waals surface area contributed by atoms with Crippen molar-refractivity contribution in [3.8, 4) is 0 Å². The number of esters is 1. The van der Waals surface area contributed by atoms with Crippen LogP contribution in [0.4, 0.5) is 14.5 Å². The number of hydrogen-bond donors (Lipinski definition) is 1. The molecule has 138 valence electrons. The van der Waals surface area contributed by atoms with Gasteiger partial charge in [-0.25, -0.2) is 23.5 Å². The topological polar surface area (TPSA) is 81.2 Å². The number of nitrogens with zero attached hydrogens (tertiary/aromatic N) is 2. The second-order valence-corrected chi connectivity index (χ2v) is 5.85. The highest BCUT2D eigenvalue weighted by atomic mass is 19.1. The highest BCUT2D eigenvalue weighted by molar-refractivity contribution is 5.97. The van der Waals surface area contributed by atoms with E-state index in [0.717, 1.165) is 23.5 Å². The molecular formula is C19H15F2N3O3. The minimum absolute atomic E-state index is 0.204. The molecule has 0 fully saturated rings. The Hall–Kier alpha value is -3.42. The molecule has 0 bridgehead atoms. The second kappa shape index (κ2) is 7.45. The molecule has 0 radical (unpaired) electrons. The van der Waals surface area contributed by atoms with Gasteiger partial charge in [0.1, 0.15) is 11.6 Å². The molecule has 6 nitrogen and oxygen atoms in total. The van der Waals surface area contributed by atoms with Crippen molar-refractivity contribution < 1.29 is 23.1 Å². The van der Waals surface area contributed by atoms with Gasteiger partial charge < -0.3 is 10.1 Å². The number of amides is 1. The summed E-state index contributed by atoms with van der Waals surface area (Å²) >= 11 is 0. The Morgan fingerprint density at radius 2 is 1.70 bits per heavy atom. The zero-order valence-electron chi connectivity index (χ0n) is 14.5. The van der Waals surface area contributed by atoms with Gasteiger partial charge in [0.2, 0.25) is 0 Å². The van der Waals surface area contributed by atoms with E-state index >= 15 is 0 Å². The second-order valence-electron chi connectivity index (χ2n) is 5.85. The van der Waals surface area contributed by atoms with Crippen molar-refractivity contribution in [2.24, 2.45) is 0 Å². The van der Waals surface area contributed by atoms with Crippen LogP contribution in [0, 0.1) is 25.5 Å². The molecule has 1 N–H and O–H groups in total. The van der Waals surface area contributed by atoms with Gasteiger partial charge in [0, 0.05) is 6.07 Å². The minimum atomic E-state index is -0.923. The third-order valence-electron chi connectivity index (χ3n) is 3.85.